The highest BCUT2D eigenvalue weighted by molar-refractivity contribution is 5.75. The summed E-state index contributed by atoms with van der Waals surface area (Å²) in [5.74, 6) is 0.904. The molecule has 1 aliphatic rings. The van der Waals surface area contributed by atoms with Gasteiger partial charge in [-0.05, 0) is 31.4 Å². The Kier molecular flexibility index (Phi) is 5.82. The predicted octanol–water partition coefficient (Wildman–Crippen LogP) is 0.943. The van der Waals surface area contributed by atoms with E-state index in [-0.39, 0.29) is 5.91 Å². The third-order valence-corrected chi connectivity index (χ3v) is 4.73. The van der Waals surface area contributed by atoms with Crippen LogP contribution < -0.4 is 4.90 Å². The number of hydrogen-bond donors (Lipinski definition) is 1. The van der Waals surface area contributed by atoms with Crippen molar-refractivity contribution in [2.75, 3.05) is 31.6 Å². The van der Waals surface area contributed by atoms with Crippen molar-refractivity contribution in [1.29, 1.82) is 0 Å². The van der Waals surface area contributed by atoms with Crippen molar-refractivity contribution in [1.82, 2.24) is 24.6 Å². The van der Waals surface area contributed by atoms with Crippen molar-refractivity contribution >= 4 is 11.7 Å². The Morgan fingerprint density at radius 1 is 1.42 bits per heavy atom. The Morgan fingerprint density at radius 2 is 2.31 bits per heavy atom. The van der Waals surface area contributed by atoms with E-state index in [1.165, 1.54) is 6.33 Å². The van der Waals surface area contributed by atoms with Gasteiger partial charge in [0, 0.05) is 39.3 Å². The van der Waals surface area contributed by atoms with Crippen LogP contribution in [-0.2, 0) is 11.3 Å². The normalized spacial score (nSPS) is 20.2. The van der Waals surface area contributed by atoms with Gasteiger partial charge >= 0.3 is 0 Å². The minimum absolute atomic E-state index is 0.0356. The molecule has 3 heterocycles. The molecule has 3 rings (SSSR count). The minimum atomic E-state index is -0.911. The van der Waals surface area contributed by atoms with E-state index in [2.05, 4.69) is 20.0 Å². The Morgan fingerprint density at radius 3 is 3.04 bits per heavy atom. The molecule has 0 bridgehead atoms. The van der Waals surface area contributed by atoms with Crippen LogP contribution in [0.15, 0.2) is 37.1 Å². The van der Waals surface area contributed by atoms with Crippen molar-refractivity contribution in [3.8, 4) is 0 Å². The number of rotatable bonds is 7. The van der Waals surface area contributed by atoms with E-state index in [0.29, 0.717) is 38.9 Å². The number of carbonyl (C=O) groups excluding carboxylic acids is 1. The lowest BCUT2D eigenvalue weighted by molar-refractivity contribution is -0.133. The van der Waals surface area contributed by atoms with Gasteiger partial charge in [0.05, 0.1) is 12.1 Å². The molecule has 26 heavy (non-hydrogen) atoms. The monoisotopic (exact) mass is 358 g/mol. The maximum atomic E-state index is 12.4. The van der Waals surface area contributed by atoms with Crippen LogP contribution >= 0.6 is 0 Å². The number of aliphatic hydroxyl groups is 1. The number of likely N-dealkylation sites (N-methyl/N-ethyl adjacent to an activating group) is 1. The topological polar surface area (TPSA) is 87.4 Å². The fraction of sp³-hybridized carbons (Fsp3) is 0.556. The fourth-order valence-electron chi connectivity index (χ4n) is 3.44. The second kappa shape index (κ2) is 8.27. The molecule has 1 saturated heterocycles. The van der Waals surface area contributed by atoms with Crippen LogP contribution in [-0.4, -0.2) is 67.9 Å². The van der Waals surface area contributed by atoms with Crippen LogP contribution in [0.5, 0.6) is 0 Å². The number of hydrogen-bond acceptors (Lipinski definition) is 6. The van der Waals surface area contributed by atoms with Crippen LogP contribution in [0.4, 0.5) is 5.82 Å². The summed E-state index contributed by atoms with van der Waals surface area (Å²) in [4.78, 5) is 24.4. The number of aromatic nitrogens is 4. The largest absolute Gasteiger partial charge is 0.386 e. The van der Waals surface area contributed by atoms with Gasteiger partial charge in [-0.15, -0.1) is 0 Å². The molecule has 1 atom stereocenters. The van der Waals surface area contributed by atoms with Crippen LogP contribution in [0, 0.1) is 0 Å². The lowest BCUT2D eigenvalue weighted by atomic mass is 9.92. The smallest absolute Gasteiger partial charge is 0.222 e. The van der Waals surface area contributed by atoms with Gasteiger partial charge < -0.3 is 14.9 Å². The first-order chi connectivity index (χ1) is 12.6. The van der Waals surface area contributed by atoms with Crippen LogP contribution in [0.2, 0.25) is 0 Å². The Balaban J connectivity index is 1.50. The Hall–Kier alpha value is -2.48. The number of β-amino-alcohol motifs (C(OH)–C–C–N with tert-alkyl or cyclic N) is 1. The molecule has 0 unspecified atom stereocenters. The molecule has 1 amide bonds. The second-order valence-corrected chi connectivity index (χ2v) is 6.95. The van der Waals surface area contributed by atoms with Gasteiger partial charge in [0.25, 0.3) is 0 Å². The quantitative estimate of drug-likeness (QED) is 0.793. The molecule has 140 valence electrons. The summed E-state index contributed by atoms with van der Waals surface area (Å²) < 4.78 is 1.71. The predicted molar refractivity (Wildman–Crippen MR) is 97.5 cm³/mol. The van der Waals surface area contributed by atoms with Crippen LogP contribution in [0.1, 0.15) is 25.7 Å². The molecule has 0 aliphatic carbocycles. The third-order valence-electron chi connectivity index (χ3n) is 4.73. The molecule has 0 spiro atoms. The molecule has 0 radical (unpaired) electrons. The fourth-order valence-corrected chi connectivity index (χ4v) is 3.44. The zero-order chi connectivity index (χ0) is 18.4. The summed E-state index contributed by atoms with van der Waals surface area (Å²) in [7, 11) is 1.76. The number of nitrogens with zero attached hydrogens (tertiary/aromatic N) is 6. The maximum Gasteiger partial charge on any atom is 0.222 e. The number of aryl methyl sites for hydroxylation is 1. The van der Waals surface area contributed by atoms with Crippen LogP contribution in [0.25, 0.3) is 0 Å². The molecule has 8 heteroatoms. The van der Waals surface area contributed by atoms with E-state index in [1.54, 1.807) is 29.2 Å². The van der Waals surface area contributed by atoms with Crippen molar-refractivity contribution in [2.45, 2.75) is 37.8 Å². The standard InChI is InChI=1S/C18H26N6O2/c1-22(17(25)7-4-11-24-15-19-14-21-24)12-18(26)8-5-10-23(13-18)16-6-2-3-9-20-16/h2-3,6,9,14-15,26H,4-5,7-8,10-13H2,1H3/t18-/m0/s1. The highest BCUT2D eigenvalue weighted by atomic mass is 16.3. The SMILES string of the molecule is CN(C[C@@]1(O)CCCN(c2ccccn2)C1)C(=O)CCCn1cncn1. The Bertz CT molecular complexity index is 693. The highest BCUT2D eigenvalue weighted by Crippen LogP contribution is 2.25. The lowest BCUT2D eigenvalue weighted by Crippen LogP contribution is -2.54. The van der Waals surface area contributed by atoms with E-state index >= 15 is 0 Å². The molecule has 1 N–H and O–H groups in total. The molecule has 0 saturated carbocycles. The van der Waals surface area contributed by atoms with Crippen LogP contribution in [0.3, 0.4) is 0 Å². The van der Waals surface area contributed by atoms with E-state index in [0.717, 1.165) is 18.8 Å². The van der Waals surface area contributed by atoms with E-state index in [1.807, 2.05) is 18.2 Å². The maximum absolute atomic E-state index is 12.4. The molecular weight excluding hydrogens is 332 g/mol. The van der Waals surface area contributed by atoms with Crippen molar-refractivity contribution in [3.63, 3.8) is 0 Å². The van der Waals surface area contributed by atoms with Gasteiger partial charge in [-0.2, -0.15) is 5.10 Å². The van der Waals surface area contributed by atoms with Gasteiger partial charge in [-0.1, -0.05) is 6.07 Å². The molecule has 2 aromatic rings. The summed E-state index contributed by atoms with van der Waals surface area (Å²) in [6, 6.07) is 5.77. The second-order valence-electron chi connectivity index (χ2n) is 6.95. The molecule has 1 fully saturated rings. The average Bonchev–Trinajstić information content (AvgIpc) is 3.15. The van der Waals surface area contributed by atoms with Gasteiger partial charge in [0.1, 0.15) is 18.5 Å². The van der Waals surface area contributed by atoms with Crippen molar-refractivity contribution in [3.05, 3.63) is 37.1 Å². The number of piperidine rings is 1. The molecule has 8 nitrogen and oxygen atoms in total. The number of pyridine rings is 1. The molecule has 0 aromatic carbocycles. The average molecular weight is 358 g/mol. The summed E-state index contributed by atoms with van der Waals surface area (Å²) in [6.45, 7) is 2.35. The summed E-state index contributed by atoms with van der Waals surface area (Å²) in [6.07, 6.45) is 7.58. The van der Waals surface area contributed by atoms with E-state index < -0.39 is 5.60 Å². The van der Waals surface area contributed by atoms with Crippen molar-refractivity contribution in [2.24, 2.45) is 0 Å². The number of anilines is 1. The van der Waals surface area contributed by atoms with Gasteiger partial charge in [-0.25, -0.2) is 9.97 Å². The molecule has 1 aliphatic heterocycles. The summed E-state index contributed by atoms with van der Waals surface area (Å²) in [5.41, 5.74) is -0.911. The number of amides is 1. The minimum Gasteiger partial charge on any atom is -0.386 e. The lowest BCUT2D eigenvalue weighted by Gasteiger charge is -2.41. The van der Waals surface area contributed by atoms with Crippen molar-refractivity contribution < 1.29 is 9.90 Å². The highest BCUT2D eigenvalue weighted by Gasteiger charge is 2.35. The third kappa shape index (κ3) is 4.78. The zero-order valence-electron chi connectivity index (χ0n) is 15.2. The Labute approximate surface area is 153 Å². The van der Waals surface area contributed by atoms with E-state index in [9.17, 15) is 9.90 Å². The van der Waals surface area contributed by atoms with Gasteiger partial charge in [0.2, 0.25) is 5.91 Å². The first-order valence-corrected chi connectivity index (χ1v) is 9.00. The van der Waals surface area contributed by atoms with E-state index in [4.69, 9.17) is 0 Å². The molecule has 2 aromatic heterocycles. The first-order valence-electron chi connectivity index (χ1n) is 9.00. The summed E-state index contributed by atoms with van der Waals surface area (Å²) >= 11 is 0. The molecular formula is C18H26N6O2. The zero-order valence-corrected chi connectivity index (χ0v) is 15.2. The number of carbonyl (C=O) groups is 1. The van der Waals surface area contributed by atoms with Gasteiger partial charge in [-0.3, -0.25) is 9.48 Å². The van der Waals surface area contributed by atoms with Gasteiger partial charge in [0.15, 0.2) is 0 Å². The first kappa shape index (κ1) is 18.3. The summed E-state index contributed by atoms with van der Waals surface area (Å²) in [5, 5.41) is 15.0.